The van der Waals surface area contributed by atoms with Gasteiger partial charge >= 0.3 is 0 Å². The van der Waals surface area contributed by atoms with E-state index in [0.29, 0.717) is 22.5 Å². The first-order valence-electron chi connectivity index (χ1n) is 9.35. The Labute approximate surface area is 178 Å². The summed E-state index contributed by atoms with van der Waals surface area (Å²) in [5.74, 6) is -1.35. The lowest BCUT2D eigenvalue weighted by Crippen LogP contribution is -2.40. The molecule has 1 aliphatic heterocycles. The maximum atomic E-state index is 13.9. The molecule has 1 aliphatic rings. The van der Waals surface area contributed by atoms with Crippen molar-refractivity contribution >= 4 is 38.9 Å². The topological polar surface area (TPSA) is 95.6 Å². The van der Waals surface area contributed by atoms with Gasteiger partial charge in [0.15, 0.2) is 0 Å². The van der Waals surface area contributed by atoms with Gasteiger partial charge in [-0.15, -0.1) is 0 Å². The number of carbonyl (C=O) groups excluding carboxylic acids is 2. The summed E-state index contributed by atoms with van der Waals surface area (Å²) >= 11 is 0. The third-order valence-electron chi connectivity index (χ3n) is 4.73. The van der Waals surface area contributed by atoms with E-state index < -0.39 is 28.3 Å². The fourth-order valence-electron chi connectivity index (χ4n) is 3.48. The van der Waals surface area contributed by atoms with Gasteiger partial charge in [-0.25, -0.2) is 12.8 Å². The zero-order valence-corrected chi connectivity index (χ0v) is 17.2. The first kappa shape index (κ1) is 20.5. The average Bonchev–Trinajstić information content (AvgIpc) is 2.71. The molecule has 0 saturated carbocycles. The number of nitrogens with one attached hydrogen (secondary N) is 2. The van der Waals surface area contributed by atoms with E-state index in [1.165, 1.54) is 25.1 Å². The number of fused-ring (bicyclic) bond motifs is 3. The summed E-state index contributed by atoms with van der Waals surface area (Å²) in [6.07, 6.45) is 0. The highest BCUT2D eigenvalue weighted by Crippen LogP contribution is 2.43. The Morgan fingerprint density at radius 3 is 2.35 bits per heavy atom. The number of rotatable bonds is 4. The monoisotopic (exact) mass is 439 g/mol. The Bertz CT molecular complexity index is 1310. The fraction of sp³-hybridized carbons (Fsp3) is 0.0909. The summed E-state index contributed by atoms with van der Waals surface area (Å²) in [5, 5.41) is 5.25. The third-order valence-corrected chi connectivity index (χ3v) is 6.54. The van der Waals surface area contributed by atoms with Gasteiger partial charge in [-0.1, -0.05) is 24.3 Å². The Hall–Kier alpha value is -3.72. The van der Waals surface area contributed by atoms with Gasteiger partial charge < -0.3 is 10.6 Å². The lowest BCUT2D eigenvalue weighted by molar-refractivity contribution is -0.115. The SMILES string of the molecule is CC(=O)Nc1cccc(NC(=O)CN2c3ccc(F)cc3-c3ccccc3S2(=O)=O)c1. The van der Waals surface area contributed by atoms with E-state index >= 15 is 0 Å². The van der Waals surface area contributed by atoms with Gasteiger partial charge in [0.05, 0.1) is 10.6 Å². The lowest BCUT2D eigenvalue weighted by Gasteiger charge is -2.31. The molecule has 31 heavy (non-hydrogen) atoms. The molecule has 0 fully saturated rings. The molecule has 0 bridgehead atoms. The summed E-state index contributed by atoms with van der Waals surface area (Å²) in [4.78, 5) is 23.9. The quantitative estimate of drug-likeness (QED) is 0.649. The summed E-state index contributed by atoms with van der Waals surface area (Å²) in [6, 6.07) is 16.5. The molecule has 3 aromatic rings. The van der Waals surface area contributed by atoms with Gasteiger partial charge in [0, 0.05) is 29.4 Å². The van der Waals surface area contributed by atoms with Crippen LogP contribution in [-0.2, 0) is 19.6 Å². The van der Waals surface area contributed by atoms with Crippen LogP contribution in [0.15, 0.2) is 71.6 Å². The molecule has 7 nitrogen and oxygen atoms in total. The standard InChI is InChI=1S/C22H18FN3O4S/c1-14(27)24-16-5-4-6-17(12-16)25-22(28)13-26-20-10-9-15(23)11-19(20)18-7-2-3-8-21(18)31(26,29)30/h2-12H,13H2,1H3,(H,24,27)(H,25,28). The van der Waals surface area contributed by atoms with Gasteiger partial charge in [-0.3, -0.25) is 13.9 Å². The van der Waals surface area contributed by atoms with Crippen LogP contribution in [0.3, 0.4) is 0 Å². The zero-order valence-electron chi connectivity index (χ0n) is 16.4. The molecule has 2 N–H and O–H groups in total. The van der Waals surface area contributed by atoms with E-state index in [0.717, 1.165) is 10.4 Å². The summed E-state index contributed by atoms with van der Waals surface area (Å²) in [5.41, 5.74) is 1.89. The minimum Gasteiger partial charge on any atom is -0.326 e. The van der Waals surface area contributed by atoms with Crippen molar-refractivity contribution in [3.8, 4) is 11.1 Å². The number of carbonyl (C=O) groups is 2. The molecule has 158 valence electrons. The first-order valence-corrected chi connectivity index (χ1v) is 10.8. The number of anilines is 3. The van der Waals surface area contributed by atoms with E-state index in [1.54, 1.807) is 42.5 Å². The van der Waals surface area contributed by atoms with Crippen LogP contribution in [-0.4, -0.2) is 26.8 Å². The Morgan fingerprint density at radius 1 is 0.903 bits per heavy atom. The molecule has 1 heterocycles. The number of sulfonamides is 1. The normalized spacial score (nSPS) is 13.7. The molecule has 0 saturated heterocycles. The minimum absolute atomic E-state index is 0.00792. The Kier molecular flexibility index (Phi) is 5.20. The molecule has 0 radical (unpaired) electrons. The van der Waals surface area contributed by atoms with Crippen LogP contribution < -0.4 is 14.9 Å². The third kappa shape index (κ3) is 3.99. The van der Waals surface area contributed by atoms with E-state index in [2.05, 4.69) is 10.6 Å². The van der Waals surface area contributed by atoms with Crippen molar-refractivity contribution in [1.82, 2.24) is 0 Å². The van der Waals surface area contributed by atoms with E-state index in [4.69, 9.17) is 0 Å². The van der Waals surface area contributed by atoms with Crippen LogP contribution in [0.5, 0.6) is 0 Å². The number of hydrogen-bond donors (Lipinski definition) is 2. The molecule has 0 unspecified atom stereocenters. The van der Waals surface area contributed by atoms with Crippen LogP contribution in [0.2, 0.25) is 0 Å². The predicted molar refractivity (Wildman–Crippen MR) is 116 cm³/mol. The summed E-state index contributed by atoms with van der Waals surface area (Å²) in [7, 11) is -4.03. The van der Waals surface area contributed by atoms with Gasteiger partial charge in [0.2, 0.25) is 11.8 Å². The highest BCUT2D eigenvalue weighted by atomic mass is 32.2. The molecular formula is C22H18FN3O4S. The maximum absolute atomic E-state index is 13.9. The van der Waals surface area contributed by atoms with Crippen LogP contribution >= 0.6 is 0 Å². The van der Waals surface area contributed by atoms with E-state index in [9.17, 15) is 22.4 Å². The number of halogens is 1. The van der Waals surface area contributed by atoms with Crippen LogP contribution in [0.25, 0.3) is 11.1 Å². The van der Waals surface area contributed by atoms with Crippen molar-refractivity contribution in [2.45, 2.75) is 11.8 Å². The lowest BCUT2D eigenvalue weighted by atomic mass is 10.0. The van der Waals surface area contributed by atoms with E-state index in [-0.39, 0.29) is 16.5 Å². The average molecular weight is 439 g/mol. The van der Waals surface area contributed by atoms with Crippen molar-refractivity contribution in [1.29, 1.82) is 0 Å². The highest BCUT2D eigenvalue weighted by molar-refractivity contribution is 7.93. The largest absolute Gasteiger partial charge is 0.326 e. The Morgan fingerprint density at radius 2 is 1.61 bits per heavy atom. The fourth-order valence-corrected chi connectivity index (χ4v) is 5.13. The smallest absolute Gasteiger partial charge is 0.265 e. The molecule has 0 aliphatic carbocycles. The molecule has 2 amide bonds. The highest BCUT2D eigenvalue weighted by Gasteiger charge is 2.36. The second-order valence-corrected chi connectivity index (χ2v) is 8.81. The molecule has 4 rings (SSSR count). The Balaban J connectivity index is 1.66. The number of benzene rings is 3. The van der Waals surface area contributed by atoms with Gasteiger partial charge in [0.1, 0.15) is 12.4 Å². The molecule has 0 spiro atoms. The maximum Gasteiger partial charge on any atom is 0.265 e. The number of hydrogen-bond acceptors (Lipinski definition) is 4. The summed E-state index contributed by atoms with van der Waals surface area (Å²) in [6.45, 7) is 0.865. The molecule has 0 aromatic heterocycles. The van der Waals surface area contributed by atoms with Gasteiger partial charge in [-0.2, -0.15) is 0 Å². The summed E-state index contributed by atoms with van der Waals surface area (Å²) < 4.78 is 41.3. The minimum atomic E-state index is -4.03. The van der Waals surface area contributed by atoms with Gasteiger partial charge in [0.25, 0.3) is 10.0 Å². The molecular weight excluding hydrogens is 421 g/mol. The molecule has 9 heteroatoms. The second-order valence-electron chi connectivity index (χ2n) is 6.98. The van der Waals surface area contributed by atoms with Crippen LogP contribution in [0, 0.1) is 5.82 Å². The van der Waals surface area contributed by atoms with Crippen molar-refractivity contribution < 1.29 is 22.4 Å². The predicted octanol–water partition coefficient (Wildman–Crippen LogP) is 3.60. The van der Waals surface area contributed by atoms with E-state index in [1.807, 2.05) is 0 Å². The zero-order chi connectivity index (χ0) is 22.2. The van der Waals surface area contributed by atoms with Crippen molar-refractivity contribution in [2.24, 2.45) is 0 Å². The first-order chi connectivity index (χ1) is 14.8. The van der Waals surface area contributed by atoms with Crippen molar-refractivity contribution in [2.75, 3.05) is 21.5 Å². The second kappa shape index (κ2) is 7.84. The van der Waals surface area contributed by atoms with Crippen LogP contribution in [0.4, 0.5) is 21.5 Å². The molecule has 3 aromatic carbocycles. The molecule has 0 atom stereocenters. The van der Waals surface area contributed by atoms with Crippen LogP contribution in [0.1, 0.15) is 6.92 Å². The van der Waals surface area contributed by atoms with Crippen molar-refractivity contribution in [3.63, 3.8) is 0 Å². The number of amides is 2. The number of nitrogens with zero attached hydrogens (tertiary/aromatic N) is 1. The van der Waals surface area contributed by atoms with Crippen molar-refractivity contribution in [3.05, 3.63) is 72.5 Å². The van der Waals surface area contributed by atoms with Gasteiger partial charge in [-0.05, 0) is 42.5 Å².